The monoisotopic (exact) mass is 194 g/mol. The molecule has 0 bridgehead atoms. The molecule has 0 spiro atoms. The van der Waals surface area contributed by atoms with E-state index in [0.29, 0.717) is 11.7 Å². The summed E-state index contributed by atoms with van der Waals surface area (Å²) >= 11 is 8.23. The lowest BCUT2D eigenvalue weighted by Gasteiger charge is -2.03. The maximum Gasteiger partial charge on any atom is 0.211 e. The van der Waals surface area contributed by atoms with Gasteiger partial charge in [0, 0.05) is 0 Å². The molecule has 0 aliphatic rings. The minimum absolute atomic E-state index is 0.0314. The molecular weight excluding hydrogens is 184 g/mol. The summed E-state index contributed by atoms with van der Waals surface area (Å²) in [6.45, 7) is 2.50. The predicted octanol–water partition coefficient (Wildman–Crippen LogP) is 0.823. The predicted molar refractivity (Wildman–Crippen MR) is 49.0 cm³/mol. The van der Waals surface area contributed by atoms with E-state index in [1.165, 1.54) is 0 Å². The van der Waals surface area contributed by atoms with Crippen LogP contribution in [-0.4, -0.2) is 30.0 Å². The van der Waals surface area contributed by atoms with E-state index < -0.39 is 0 Å². The third-order valence-electron chi connectivity index (χ3n) is 0.751. The van der Waals surface area contributed by atoms with Crippen molar-refractivity contribution in [1.82, 2.24) is 0 Å². The van der Waals surface area contributed by atoms with E-state index >= 15 is 0 Å². The van der Waals surface area contributed by atoms with Crippen molar-refractivity contribution in [1.29, 1.82) is 0 Å². The second-order valence-electron chi connectivity index (χ2n) is 1.69. The van der Waals surface area contributed by atoms with Gasteiger partial charge in [0.2, 0.25) is 5.12 Å². The summed E-state index contributed by atoms with van der Waals surface area (Å²) in [5, 5.41) is 0.0476. The lowest BCUT2D eigenvalue weighted by Crippen LogP contribution is -2.12. The van der Waals surface area contributed by atoms with E-state index in [1.54, 1.807) is 0 Å². The number of carbonyl (C=O) groups excluding carboxylic acids is 1. The Bertz CT molecular complexity index is 147. The molecule has 0 heterocycles. The summed E-state index contributed by atoms with van der Waals surface area (Å²) in [4.78, 5) is 10.2. The lowest BCUT2D eigenvalue weighted by molar-refractivity contribution is -0.114. The van der Waals surface area contributed by atoms with Crippen molar-refractivity contribution in [3.8, 4) is 0 Å². The zero-order valence-corrected chi connectivity index (χ0v) is 7.91. The number of ether oxygens (including phenoxy) is 2. The van der Waals surface area contributed by atoms with Gasteiger partial charge in [0.1, 0.15) is 13.2 Å². The van der Waals surface area contributed by atoms with Crippen LogP contribution in [0.5, 0.6) is 0 Å². The molecule has 0 saturated heterocycles. The summed E-state index contributed by atoms with van der Waals surface area (Å²) < 4.78 is 9.71. The second-order valence-corrected chi connectivity index (χ2v) is 2.65. The fourth-order valence-corrected chi connectivity index (χ4v) is 0.717. The van der Waals surface area contributed by atoms with Gasteiger partial charge in [-0.25, -0.2) is 0 Å². The highest BCUT2D eigenvalue weighted by atomic mass is 32.1. The van der Waals surface area contributed by atoms with Crippen molar-refractivity contribution < 1.29 is 14.3 Å². The first-order valence-electron chi connectivity index (χ1n) is 3.12. The summed E-state index contributed by atoms with van der Waals surface area (Å²) in [5.41, 5.74) is 0. The van der Waals surface area contributed by atoms with Gasteiger partial charge in [0.05, 0.1) is 6.61 Å². The topological polar surface area (TPSA) is 35.5 Å². The number of thiocarbonyl (C=S) groups is 1. The molecule has 0 unspecified atom stereocenters. The Labute approximate surface area is 76.5 Å². The zero-order chi connectivity index (χ0) is 8.69. The minimum atomic E-state index is -0.315. The van der Waals surface area contributed by atoms with Crippen molar-refractivity contribution in [2.75, 3.05) is 19.8 Å². The van der Waals surface area contributed by atoms with Gasteiger partial charge in [0.25, 0.3) is 0 Å². The van der Waals surface area contributed by atoms with E-state index in [4.69, 9.17) is 21.7 Å². The molecule has 0 fully saturated rings. The third-order valence-corrected chi connectivity index (χ3v) is 1.12. The molecule has 5 heteroatoms. The first-order chi connectivity index (χ1) is 5.16. The summed E-state index contributed by atoms with van der Waals surface area (Å²) in [7, 11) is 0. The number of carbonyl (C=O) groups is 1. The fraction of sp³-hybridized carbons (Fsp3) is 0.667. The average molecular weight is 194 g/mol. The Morgan fingerprint density at radius 3 is 2.64 bits per heavy atom. The molecule has 0 atom stereocenters. The molecule has 0 rings (SSSR count). The highest BCUT2D eigenvalue weighted by molar-refractivity contribution is 7.96. The maximum atomic E-state index is 10.2. The van der Waals surface area contributed by atoms with Crippen molar-refractivity contribution in [3.63, 3.8) is 0 Å². The SMILES string of the molecule is CCOC(=S)COCC(=O)S. The molecule has 0 aromatic heterocycles. The van der Waals surface area contributed by atoms with Crippen molar-refractivity contribution in [3.05, 3.63) is 0 Å². The van der Waals surface area contributed by atoms with Gasteiger partial charge in [-0.05, 0) is 19.1 Å². The van der Waals surface area contributed by atoms with Crippen LogP contribution in [0.15, 0.2) is 0 Å². The molecular formula is C6H10O3S2. The van der Waals surface area contributed by atoms with Gasteiger partial charge in [-0.3, -0.25) is 4.79 Å². The van der Waals surface area contributed by atoms with Gasteiger partial charge in [-0.2, -0.15) is 0 Å². The smallest absolute Gasteiger partial charge is 0.211 e. The summed E-state index contributed by atoms with van der Waals surface area (Å²) in [6.07, 6.45) is 0. The molecule has 64 valence electrons. The first-order valence-corrected chi connectivity index (χ1v) is 3.97. The van der Waals surface area contributed by atoms with E-state index in [1.807, 2.05) is 6.92 Å². The van der Waals surface area contributed by atoms with E-state index in [0.717, 1.165) is 0 Å². The van der Waals surface area contributed by atoms with Crippen LogP contribution in [0, 0.1) is 0 Å². The highest BCUT2D eigenvalue weighted by Crippen LogP contribution is 1.86. The molecule has 3 nitrogen and oxygen atoms in total. The average Bonchev–Trinajstić information content (AvgIpc) is 1.87. The Morgan fingerprint density at radius 2 is 2.18 bits per heavy atom. The van der Waals surface area contributed by atoms with Crippen LogP contribution in [0.1, 0.15) is 6.92 Å². The van der Waals surface area contributed by atoms with E-state index in [9.17, 15) is 4.79 Å². The molecule has 0 N–H and O–H groups in total. The Morgan fingerprint density at radius 1 is 1.55 bits per heavy atom. The number of thiol groups is 1. The van der Waals surface area contributed by atoms with Crippen molar-refractivity contribution in [2.45, 2.75) is 6.92 Å². The van der Waals surface area contributed by atoms with Crippen LogP contribution >= 0.6 is 24.8 Å². The molecule has 0 aromatic rings. The van der Waals surface area contributed by atoms with E-state index in [-0.39, 0.29) is 18.3 Å². The highest BCUT2D eigenvalue weighted by Gasteiger charge is 1.98. The standard InChI is InChI=1S/C6H10O3S2/c1-2-9-6(11)4-8-3-5(7)10/h2-4H2,1H3,(H,7,10). The Kier molecular flexibility index (Phi) is 6.49. The van der Waals surface area contributed by atoms with Gasteiger partial charge in [-0.15, -0.1) is 12.6 Å². The Hall–Kier alpha value is -0.130. The molecule has 0 amide bonds. The first kappa shape index (κ1) is 10.9. The van der Waals surface area contributed by atoms with Gasteiger partial charge in [0.15, 0.2) is 5.05 Å². The quantitative estimate of drug-likeness (QED) is 0.519. The third kappa shape index (κ3) is 7.77. The Balaban J connectivity index is 3.24. The number of rotatable bonds is 5. The number of hydrogen-bond donors (Lipinski definition) is 1. The van der Waals surface area contributed by atoms with Crippen LogP contribution in [0.25, 0.3) is 0 Å². The molecule has 0 saturated carbocycles. The minimum Gasteiger partial charge on any atom is -0.485 e. The van der Waals surface area contributed by atoms with Gasteiger partial charge >= 0.3 is 0 Å². The second kappa shape index (κ2) is 6.57. The zero-order valence-electron chi connectivity index (χ0n) is 6.20. The number of hydrogen-bond acceptors (Lipinski definition) is 4. The molecule has 0 aliphatic carbocycles. The van der Waals surface area contributed by atoms with Crippen LogP contribution in [0.3, 0.4) is 0 Å². The van der Waals surface area contributed by atoms with Crippen LogP contribution in [-0.2, 0) is 14.3 Å². The lowest BCUT2D eigenvalue weighted by atomic mass is 10.7. The fourth-order valence-electron chi connectivity index (χ4n) is 0.424. The molecule has 11 heavy (non-hydrogen) atoms. The van der Waals surface area contributed by atoms with Gasteiger partial charge < -0.3 is 9.47 Å². The summed E-state index contributed by atoms with van der Waals surface area (Å²) in [6, 6.07) is 0. The van der Waals surface area contributed by atoms with Gasteiger partial charge in [-0.1, -0.05) is 0 Å². The molecule has 0 aromatic carbocycles. The normalized spacial score (nSPS) is 9.27. The summed E-state index contributed by atoms with van der Waals surface area (Å²) in [5.74, 6) is 0. The van der Waals surface area contributed by atoms with Crippen LogP contribution < -0.4 is 0 Å². The molecule has 0 radical (unpaired) electrons. The van der Waals surface area contributed by atoms with Crippen LogP contribution in [0.4, 0.5) is 0 Å². The largest absolute Gasteiger partial charge is 0.485 e. The maximum absolute atomic E-state index is 10.2. The van der Waals surface area contributed by atoms with Crippen molar-refractivity contribution >= 4 is 35.0 Å². The van der Waals surface area contributed by atoms with E-state index in [2.05, 4.69) is 12.6 Å². The van der Waals surface area contributed by atoms with Crippen LogP contribution in [0.2, 0.25) is 0 Å². The molecule has 0 aliphatic heterocycles. The van der Waals surface area contributed by atoms with Crippen molar-refractivity contribution in [2.24, 2.45) is 0 Å².